The molecule has 0 saturated carbocycles. The number of hydrogen-bond donors (Lipinski definition) is 3. The predicted octanol–water partition coefficient (Wildman–Crippen LogP) is 1.25. The standard InChI is InChI=1S/C14H21N3O2/c1-14(2,9-15-3)16-7-6-10-4-5-12-11(8-10)17-13(18)19-12/h4-5,8,15-16H,6-7,9H2,1-3H3,(H,17,18). The molecule has 0 aliphatic carbocycles. The summed E-state index contributed by atoms with van der Waals surface area (Å²) in [5, 5.41) is 6.67. The number of aromatic nitrogens is 1. The fraction of sp³-hybridized carbons (Fsp3) is 0.500. The van der Waals surface area contributed by atoms with E-state index in [-0.39, 0.29) is 5.54 Å². The summed E-state index contributed by atoms with van der Waals surface area (Å²) in [4.78, 5) is 13.7. The van der Waals surface area contributed by atoms with Crippen LogP contribution in [0.5, 0.6) is 0 Å². The quantitative estimate of drug-likeness (QED) is 0.733. The highest BCUT2D eigenvalue weighted by Gasteiger charge is 2.14. The molecule has 19 heavy (non-hydrogen) atoms. The summed E-state index contributed by atoms with van der Waals surface area (Å²) in [5.74, 6) is -0.402. The van der Waals surface area contributed by atoms with Crippen LogP contribution in [0.4, 0.5) is 0 Å². The fourth-order valence-electron chi connectivity index (χ4n) is 2.20. The second kappa shape index (κ2) is 5.59. The molecule has 1 aromatic heterocycles. The first-order valence-corrected chi connectivity index (χ1v) is 6.51. The molecular weight excluding hydrogens is 242 g/mol. The molecule has 1 heterocycles. The van der Waals surface area contributed by atoms with Crippen molar-refractivity contribution in [3.8, 4) is 0 Å². The van der Waals surface area contributed by atoms with Gasteiger partial charge in [0.2, 0.25) is 0 Å². The van der Waals surface area contributed by atoms with Crippen molar-refractivity contribution >= 4 is 11.1 Å². The Balaban J connectivity index is 1.96. The molecular formula is C14H21N3O2. The van der Waals surface area contributed by atoms with Gasteiger partial charge in [-0.05, 0) is 51.6 Å². The first-order valence-electron chi connectivity index (χ1n) is 6.51. The van der Waals surface area contributed by atoms with Gasteiger partial charge in [-0.1, -0.05) is 6.07 Å². The fourth-order valence-corrected chi connectivity index (χ4v) is 2.20. The van der Waals surface area contributed by atoms with E-state index in [0.717, 1.165) is 25.0 Å². The molecule has 2 rings (SSSR count). The second-order valence-electron chi connectivity index (χ2n) is 5.44. The van der Waals surface area contributed by atoms with Gasteiger partial charge >= 0.3 is 5.76 Å². The van der Waals surface area contributed by atoms with Crippen LogP contribution in [0.1, 0.15) is 19.4 Å². The molecule has 0 bridgehead atoms. The summed E-state index contributed by atoms with van der Waals surface area (Å²) >= 11 is 0. The Kier molecular flexibility index (Phi) is 4.07. The zero-order valence-electron chi connectivity index (χ0n) is 11.7. The number of hydrogen-bond acceptors (Lipinski definition) is 4. The molecule has 0 saturated heterocycles. The summed E-state index contributed by atoms with van der Waals surface area (Å²) in [6.45, 7) is 6.14. The molecule has 3 N–H and O–H groups in total. The average Bonchev–Trinajstić information content (AvgIpc) is 2.68. The van der Waals surface area contributed by atoms with E-state index in [1.807, 2.05) is 25.2 Å². The number of fused-ring (bicyclic) bond motifs is 1. The predicted molar refractivity (Wildman–Crippen MR) is 76.5 cm³/mol. The minimum absolute atomic E-state index is 0.0722. The van der Waals surface area contributed by atoms with Gasteiger partial charge in [-0.3, -0.25) is 4.98 Å². The third kappa shape index (κ3) is 3.68. The van der Waals surface area contributed by atoms with E-state index in [2.05, 4.69) is 29.5 Å². The minimum Gasteiger partial charge on any atom is -0.408 e. The Bertz CT molecular complexity index is 598. The number of aromatic amines is 1. The van der Waals surface area contributed by atoms with E-state index in [1.165, 1.54) is 5.56 Å². The molecule has 0 amide bonds. The molecule has 0 aliphatic heterocycles. The van der Waals surface area contributed by atoms with Gasteiger partial charge in [-0.25, -0.2) is 4.79 Å². The van der Waals surface area contributed by atoms with Crippen LogP contribution in [0.2, 0.25) is 0 Å². The van der Waals surface area contributed by atoms with Gasteiger partial charge < -0.3 is 15.1 Å². The number of nitrogens with one attached hydrogen (secondary N) is 3. The first kappa shape index (κ1) is 13.8. The molecule has 0 atom stereocenters. The van der Waals surface area contributed by atoms with Crippen molar-refractivity contribution in [1.82, 2.24) is 15.6 Å². The second-order valence-corrected chi connectivity index (χ2v) is 5.44. The zero-order chi connectivity index (χ0) is 13.9. The van der Waals surface area contributed by atoms with Crippen LogP contribution >= 0.6 is 0 Å². The maximum Gasteiger partial charge on any atom is 0.417 e. The summed E-state index contributed by atoms with van der Waals surface area (Å²) in [6.07, 6.45) is 0.913. The summed E-state index contributed by atoms with van der Waals surface area (Å²) in [6, 6.07) is 5.79. The highest BCUT2D eigenvalue weighted by molar-refractivity contribution is 5.72. The normalized spacial score (nSPS) is 12.2. The Hall–Kier alpha value is -1.59. The Labute approximate surface area is 112 Å². The Morgan fingerprint density at radius 3 is 2.89 bits per heavy atom. The van der Waals surface area contributed by atoms with E-state index < -0.39 is 5.76 Å². The van der Waals surface area contributed by atoms with Crippen molar-refractivity contribution in [2.75, 3.05) is 20.1 Å². The van der Waals surface area contributed by atoms with E-state index in [1.54, 1.807) is 0 Å². The number of rotatable bonds is 6. The van der Waals surface area contributed by atoms with Gasteiger partial charge in [0.15, 0.2) is 5.58 Å². The van der Waals surface area contributed by atoms with E-state index in [0.29, 0.717) is 5.58 Å². The topological polar surface area (TPSA) is 70.1 Å². The van der Waals surface area contributed by atoms with Crippen molar-refractivity contribution in [3.63, 3.8) is 0 Å². The number of H-pyrrole nitrogens is 1. The Morgan fingerprint density at radius 2 is 2.16 bits per heavy atom. The lowest BCUT2D eigenvalue weighted by molar-refractivity contribution is 0.379. The molecule has 0 fully saturated rings. The van der Waals surface area contributed by atoms with Gasteiger partial charge in [0.1, 0.15) is 0 Å². The first-order chi connectivity index (χ1) is 9.00. The molecule has 5 nitrogen and oxygen atoms in total. The largest absolute Gasteiger partial charge is 0.417 e. The lowest BCUT2D eigenvalue weighted by Crippen LogP contribution is -2.47. The number of likely N-dealkylation sites (N-methyl/N-ethyl adjacent to an activating group) is 1. The van der Waals surface area contributed by atoms with Crippen LogP contribution in [0, 0.1) is 0 Å². The van der Waals surface area contributed by atoms with Crippen LogP contribution in [0.15, 0.2) is 27.4 Å². The molecule has 104 valence electrons. The van der Waals surface area contributed by atoms with Crippen LogP contribution in [0.25, 0.3) is 11.1 Å². The molecule has 1 aromatic carbocycles. The van der Waals surface area contributed by atoms with Crippen molar-refractivity contribution < 1.29 is 4.42 Å². The molecule has 0 radical (unpaired) electrons. The van der Waals surface area contributed by atoms with Gasteiger partial charge in [-0.2, -0.15) is 0 Å². The highest BCUT2D eigenvalue weighted by Crippen LogP contribution is 2.12. The van der Waals surface area contributed by atoms with E-state index in [9.17, 15) is 4.79 Å². The summed E-state index contributed by atoms with van der Waals surface area (Å²) in [7, 11) is 1.95. The lowest BCUT2D eigenvalue weighted by atomic mass is 10.0. The lowest BCUT2D eigenvalue weighted by Gasteiger charge is -2.26. The third-order valence-electron chi connectivity index (χ3n) is 3.12. The van der Waals surface area contributed by atoms with Crippen molar-refractivity contribution in [3.05, 3.63) is 34.3 Å². The molecule has 0 unspecified atom stereocenters. The van der Waals surface area contributed by atoms with Crippen molar-refractivity contribution in [1.29, 1.82) is 0 Å². The minimum atomic E-state index is -0.402. The van der Waals surface area contributed by atoms with Crippen molar-refractivity contribution in [2.24, 2.45) is 0 Å². The van der Waals surface area contributed by atoms with Crippen molar-refractivity contribution in [2.45, 2.75) is 25.8 Å². The summed E-state index contributed by atoms with van der Waals surface area (Å²) < 4.78 is 4.98. The van der Waals surface area contributed by atoms with Gasteiger partial charge in [0.05, 0.1) is 5.52 Å². The smallest absolute Gasteiger partial charge is 0.408 e. The van der Waals surface area contributed by atoms with Crippen LogP contribution in [-0.4, -0.2) is 30.7 Å². The van der Waals surface area contributed by atoms with E-state index in [4.69, 9.17) is 4.42 Å². The highest BCUT2D eigenvalue weighted by atomic mass is 16.4. The maximum absolute atomic E-state index is 11.1. The summed E-state index contributed by atoms with van der Waals surface area (Å²) in [5.41, 5.74) is 2.62. The van der Waals surface area contributed by atoms with Crippen LogP contribution in [0.3, 0.4) is 0 Å². The molecule has 2 aromatic rings. The number of oxazole rings is 1. The van der Waals surface area contributed by atoms with Gasteiger partial charge in [0, 0.05) is 12.1 Å². The Morgan fingerprint density at radius 1 is 1.37 bits per heavy atom. The number of benzene rings is 1. The molecule has 0 spiro atoms. The third-order valence-corrected chi connectivity index (χ3v) is 3.12. The van der Waals surface area contributed by atoms with Crippen LogP contribution < -0.4 is 16.4 Å². The van der Waals surface area contributed by atoms with E-state index >= 15 is 0 Å². The SMILES string of the molecule is CNCC(C)(C)NCCc1ccc2oc(=O)[nH]c2c1. The average molecular weight is 263 g/mol. The van der Waals surface area contributed by atoms with Gasteiger partial charge in [-0.15, -0.1) is 0 Å². The van der Waals surface area contributed by atoms with Crippen LogP contribution in [-0.2, 0) is 6.42 Å². The monoisotopic (exact) mass is 263 g/mol. The molecule has 0 aliphatic rings. The zero-order valence-corrected chi connectivity index (χ0v) is 11.7. The maximum atomic E-state index is 11.1. The molecule has 5 heteroatoms. The van der Waals surface area contributed by atoms with Gasteiger partial charge in [0.25, 0.3) is 0 Å².